The Morgan fingerprint density at radius 2 is 2.27 bits per heavy atom. The average Bonchev–Trinajstić information content (AvgIpc) is 3.05. The maximum Gasteiger partial charge on any atom is 0.410 e. The van der Waals surface area contributed by atoms with Crippen molar-refractivity contribution in [2.75, 3.05) is 5.32 Å². The largest absolute Gasteiger partial charge is 0.410 e. The number of anilines is 1. The van der Waals surface area contributed by atoms with Gasteiger partial charge in [-0.3, -0.25) is 4.79 Å². The minimum absolute atomic E-state index is 0.0394. The first-order valence-electron chi connectivity index (χ1n) is 6.23. The van der Waals surface area contributed by atoms with Gasteiger partial charge in [0, 0.05) is 11.3 Å². The predicted octanol–water partition coefficient (Wildman–Crippen LogP) is 3.36. The highest BCUT2D eigenvalue weighted by Crippen LogP contribution is 2.46. The van der Waals surface area contributed by atoms with Crippen molar-refractivity contribution in [3.05, 3.63) is 33.1 Å². The van der Waals surface area contributed by atoms with Crippen molar-refractivity contribution in [2.45, 2.75) is 24.7 Å². The zero-order chi connectivity index (χ0) is 16.1. The Morgan fingerprint density at radius 1 is 1.55 bits per heavy atom. The van der Waals surface area contributed by atoms with E-state index in [2.05, 4.69) is 10.4 Å². The molecule has 1 amide bonds. The van der Waals surface area contributed by atoms with Gasteiger partial charge >= 0.3 is 6.18 Å². The lowest BCUT2D eigenvalue weighted by Crippen LogP contribution is -2.35. The molecule has 0 saturated heterocycles. The van der Waals surface area contributed by atoms with Crippen molar-refractivity contribution < 1.29 is 18.0 Å². The number of hydrogen-bond acceptors (Lipinski definition) is 4. The van der Waals surface area contributed by atoms with Crippen molar-refractivity contribution in [3.63, 3.8) is 0 Å². The van der Waals surface area contributed by atoms with Gasteiger partial charge in [0.1, 0.15) is 10.8 Å². The molecule has 1 aliphatic heterocycles. The minimum Gasteiger partial charge on any atom is -0.364 e. The van der Waals surface area contributed by atoms with Crippen LogP contribution in [0.4, 0.5) is 19.0 Å². The van der Waals surface area contributed by atoms with Crippen LogP contribution in [-0.2, 0) is 0 Å². The maximum absolute atomic E-state index is 13.3. The molecule has 0 saturated carbocycles. The number of nitrogens with one attached hydrogen (secondary N) is 1. The smallest absolute Gasteiger partial charge is 0.364 e. The Bertz CT molecular complexity index is 713. The first-order chi connectivity index (χ1) is 10.3. The monoisotopic (exact) mass is 350 g/mol. The van der Waals surface area contributed by atoms with Crippen LogP contribution in [0.5, 0.6) is 0 Å². The van der Waals surface area contributed by atoms with Crippen LogP contribution in [0.3, 0.4) is 0 Å². The van der Waals surface area contributed by atoms with Crippen LogP contribution in [0.1, 0.15) is 33.9 Å². The number of alkyl halides is 3. The third kappa shape index (κ3) is 2.44. The first kappa shape index (κ1) is 15.2. The molecule has 2 aromatic heterocycles. The summed E-state index contributed by atoms with van der Waals surface area (Å²) in [6.07, 6.45) is -4.76. The Labute approximate surface area is 131 Å². The molecule has 3 heterocycles. The lowest BCUT2D eigenvalue weighted by atomic mass is 10.0. The van der Waals surface area contributed by atoms with Crippen LogP contribution >= 0.6 is 22.9 Å². The predicted molar refractivity (Wildman–Crippen MR) is 76.1 cm³/mol. The summed E-state index contributed by atoms with van der Waals surface area (Å²) in [6, 6.07) is 1.06. The van der Waals surface area contributed by atoms with Gasteiger partial charge in [-0.1, -0.05) is 17.7 Å². The number of hydrogen-bond donors (Lipinski definition) is 2. The molecule has 2 aromatic rings. The number of nitrogens with zero attached hydrogens (tertiary/aromatic N) is 2. The van der Waals surface area contributed by atoms with Gasteiger partial charge in [-0.15, -0.1) is 11.3 Å². The molecule has 0 aliphatic carbocycles. The molecule has 0 unspecified atom stereocenters. The van der Waals surface area contributed by atoms with Gasteiger partial charge in [0.05, 0.1) is 6.04 Å². The molecule has 0 fully saturated rings. The van der Waals surface area contributed by atoms with Crippen LogP contribution in [0.2, 0.25) is 5.02 Å². The summed E-state index contributed by atoms with van der Waals surface area (Å²) in [5.41, 5.74) is 4.73. The Hall–Kier alpha value is -1.74. The first-order valence-corrected chi connectivity index (χ1v) is 7.49. The third-order valence-electron chi connectivity index (χ3n) is 3.42. The molecule has 3 rings (SSSR count). The van der Waals surface area contributed by atoms with Crippen molar-refractivity contribution in [1.82, 2.24) is 9.78 Å². The number of amides is 1. The summed E-state index contributed by atoms with van der Waals surface area (Å²) in [5, 5.41) is 8.15. The zero-order valence-electron chi connectivity index (χ0n) is 10.9. The Morgan fingerprint density at radius 3 is 2.82 bits per heavy atom. The minimum atomic E-state index is -4.52. The second kappa shape index (κ2) is 5.17. The van der Waals surface area contributed by atoms with Crippen LogP contribution in [-0.4, -0.2) is 21.9 Å². The molecule has 5 nitrogen and oxygen atoms in total. The molecular formula is C12H10ClF3N4OS. The number of thiophene rings is 1. The standard InChI is InChI=1S/C12H10ClF3N4OS/c13-8-9(10(17)21)19-20-7(12(14,15)16)4-5(18-11(8)20)6-2-1-3-22-6/h1-3,5,7,18H,4H2,(H2,17,21)/t5-,7+/m1/s1. The summed E-state index contributed by atoms with van der Waals surface area (Å²) in [7, 11) is 0. The number of primary amides is 1. The number of carbonyl (C=O) groups excluding carboxylic acids is 1. The van der Waals surface area contributed by atoms with Crippen LogP contribution in [0.15, 0.2) is 17.5 Å². The summed E-state index contributed by atoms with van der Waals surface area (Å²) in [6.45, 7) is 0. The molecule has 118 valence electrons. The van der Waals surface area contributed by atoms with E-state index in [1.54, 1.807) is 17.5 Å². The van der Waals surface area contributed by atoms with Crippen LogP contribution in [0.25, 0.3) is 0 Å². The number of nitrogens with two attached hydrogens (primary N) is 1. The molecule has 0 radical (unpaired) electrons. The van der Waals surface area contributed by atoms with Crippen molar-refractivity contribution in [2.24, 2.45) is 5.73 Å². The van der Waals surface area contributed by atoms with E-state index in [9.17, 15) is 18.0 Å². The lowest BCUT2D eigenvalue weighted by molar-refractivity contribution is -0.173. The van der Waals surface area contributed by atoms with Crippen LogP contribution < -0.4 is 11.1 Å². The van der Waals surface area contributed by atoms with E-state index in [1.807, 2.05) is 0 Å². The van der Waals surface area contributed by atoms with Gasteiger partial charge in [-0.2, -0.15) is 18.3 Å². The highest BCUT2D eigenvalue weighted by Gasteiger charge is 2.47. The molecular weight excluding hydrogens is 341 g/mol. The zero-order valence-corrected chi connectivity index (χ0v) is 12.5. The van der Waals surface area contributed by atoms with Gasteiger partial charge < -0.3 is 11.1 Å². The van der Waals surface area contributed by atoms with Crippen molar-refractivity contribution >= 4 is 34.7 Å². The van der Waals surface area contributed by atoms with Gasteiger partial charge in [0.2, 0.25) is 0 Å². The molecule has 22 heavy (non-hydrogen) atoms. The summed E-state index contributed by atoms with van der Waals surface area (Å²) >= 11 is 7.31. The summed E-state index contributed by atoms with van der Waals surface area (Å²) in [5.74, 6) is -1.01. The van der Waals surface area contributed by atoms with Gasteiger partial charge in [0.25, 0.3) is 5.91 Å². The number of rotatable bonds is 2. The number of aromatic nitrogens is 2. The highest BCUT2D eigenvalue weighted by atomic mass is 35.5. The summed E-state index contributed by atoms with van der Waals surface area (Å²) in [4.78, 5) is 12.0. The highest BCUT2D eigenvalue weighted by molar-refractivity contribution is 7.10. The van der Waals surface area contributed by atoms with Crippen molar-refractivity contribution in [1.29, 1.82) is 0 Å². The van der Waals surface area contributed by atoms with E-state index >= 15 is 0 Å². The lowest BCUT2D eigenvalue weighted by Gasteiger charge is -2.32. The van der Waals surface area contributed by atoms with E-state index in [1.165, 1.54) is 11.3 Å². The van der Waals surface area contributed by atoms with E-state index in [-0.39, 0.29) is 23.0 Å². The SMILES string of the molecule is NC(=O)c1nn2c(c1Cl)N[C@@H](c1cccs1)C[C@H]2C(F)(F)F. The summed E-state index contributed by atoms with van der Waals surface area (Å²) < 4.78 is 40.7. The van der Waals surface area contributed by atoms with Crippen molar-refractivity contribution in [3.8, 4) is 0 Å². The fourth-order valence-corrected chi connectivity index (χ4v) is 3.49. The molecule has 0 bridgehead atoms. The quantitative estimate of drug-likeness (QED) is 0.872. The fraction of sp³-hybridized carbons (Fsp3) is 0.333. The molecule has 10 heteroatoms. The maximum atomic E-state index is 13.3. The number of fused-ring (bicyclic) bond motifs is 1. The molecule has 2 atom stereocenters. The topological polar surface area (TPSA) is 72.9 Å². The molecule has 0 spiro atoms. The Kier molecular flexibility index (Phi) is 3.56. The normalized spacial score (nSPS) is 21.3. The average molecular weight is 351 g/mol. The van der Waals surface area contributed by atoms with Gasteiger partial charge in [-0.05, 0) is 11.4 Å². The van der Waals surface area contributed by atoms with Gasteiger partial charge in [0.15, 0.2) is 11.7 Å². The van der Waals surface area contributed by atoms with E-state index in [4.69, 9.17) is 17.3 Å². The second-order valence-corrected chi connectivity index (χ2v) is 6.18. The van der Waals surface area contributed by atoms with E-state index in [0.717, 1.165) is 4.88 Å². The second-order valence-electron chi connectivity index (χ2n) is 4.83. The van der Waals surface area contributed by atoms with Crippen LogP contribution in [0, 0.1) is 0 Å². The Balaban J connectivity index is 2.10. The molecule has 3 N–H and O–H groups in total. The molecule has 0 aromatic carbocycles. The molecule has 1 aliphatic rings. The van der Waals surface area contributed by atoms with E-state index < -0.39 is 24.2 Å². The number of halogens is 4. The fourth-order valence-electron chi connectivity index (χ4n) is 2.42. The van der Waals surface area contributed by atoms with E-state index in [0.29, 0.717) is 4.68 Å². The van der Waals surface area contributed by atoms with Gasteiger partial charge in [-0.25, -0.2) is 4.68 Å². The third-order valence-corrected chi connectivity index (χ3v) is 4.76. The number of carbonyl (C=O) groups is 1.